The maximum absolute atomic E-state index is 13.0. The Kier molecular flexibility index (Phi) is 9.18. The van der Waals surface area contributed by atoms with Gasteiger partial charge in [0.2, 0.25) is 11.7 Å². The van der Waals surface area contributed by atoms with Crippen LogP contribution in [0.1, 0.15) is 59.6 Å². The lowest BCUT2D eigenvalue weighted by Gasteiger charge is -2.24. The minimum absolute atomic E-state index is 0. The molecule has 2 amide bonds. The van der Waals surface area contributed by atoms with Crippen LogP contribution in [0.5, 0.6) is 0 Å². The van der Waals surface area contributed by atoms with Crippen LogP contribution in [0.2, 0.25) is 0 Å². The fourth-order valence-corrected chi connectivity index (χ4v) is 3.07. The molecule has 1 heterocycles. The number of hydrogen-bond acceptors (Lipinski definition) is 7. The second kappa shape index (κ2) is 11.8. The zero-order valence-corrected chi connectivity index (χ0v) is 18.7. The van der Waals surface area contributed by atoms with E-state index in [9.17, 15) is 19.2 Å². The van der Waals surface area contributed by atoms with Crippen LogP contribution in [0.4, 0.5) is 4.79 Å². The van der Waals surface area contributed by atoms with Gasteiger partial charge in [-0.1, -0.05) is 58.0 Å². The Hall–Kier alpha value is -3.43. The summed E-state index contributed by atoms with van der Waals surface area (Å²) >= 11 is 0. The molecule has 178 valence electrons. The summed E-state index contributed by atoms with van der Waals surface area (Å²) in [6.07, 6.45) is -0.0972. The summed E-state index contributed by atoms with van der Waals surface area (Å²) < 4.78 is 9.96. The summed E-state index contributed by atoms with van der Waals surface area (Å²) in [6, 6.07) is 7.29. The number of aromatic nitrogens is 2. The molecule has 32 heavy (non-hydrogen) atoms. The van der Waals surface area contributed by atoms with Crippen molar-refractivity contribution in [2.45, 2.75) is 59.2 Å². The molecule has 2 rings (SSSR count). The fraction of sp³-hybridized carbons (Fsp3) is 0.500. The molecule has 0 spiro atoms. The molecule has 1 aromatic carbocycles. The van der Waals surface area contributed by atoms with Gasteiger partial charge in [-0.15, -0.1) is 5.10 Å². The van der Waals surface area contributed by atoms with Gasteiger partial charge >= 0.3 is 11.8 Å². The molecule has 0 saturated heterocycles. The van der Waals surface area contributed by atoms with Crippen molar-refractivity contribution in [2.75, 3.05) is 0 Å². The van der Waals surface area contributed by atoms with Crippen molar-refractivity contribution in [2.24, 2.45) is 11.8 Å². The average Bonchev–Trinajstić information content (AvgIpc) is 3.17. The molecule has 1 aromatic heterocycles. The van der Waals surface area contributed by atoms with E-state index < -0.39 is 41.5 Å². The van der Waals surface area contributed by atoms with Crippen molar-refractivity contribution in [3.8, 4) is 0 Å². The van der Waals surface area contributed by atoms with Crippen LogP contribution in [-0.4, -0.2) is 40.1 Å². The highest BCUT2D eigenvalue weighted by Crippen LogP contribution is 2.12. The normalized spacial score (nSPS) is 12.9. The Bertz CT molecular complexity index is 962. The largest absolute Gasteiger partial charge is 0.445 e. The first kappa shape index (κ1) is 24.8. The number of aromatic amines is 1. The number of amides is 2. The van der Waals surface area contributed by atoms with Crippen molar-refractivity contribution in [1.82, 2.24) is 20.8 Å². The number of benzene rings is 1. The number of carbonyl (C=O) groups is 3. The van der Waals surface area contributed by atoms with Gasteiger partial charge in [0, 0.05) is 2.85 Å². The molecule has 10 heteroatoms. The Balaban J connectivity index is 0.00000544. The average molecular weight is 451 g/mol. The first-order valence-corrected chi connectivity index (χ1v) is 10.5. The monoisotopic (exact) mass is 450 g/mol. The summed E-state index contributed by atoms with van der Waals surface area (Å²) in [5.74, 6) is -2.28. The second-order valence-electron chi connectivity index (χ2n) is 8.36. The first-order valence-electron chi connectivity index (χ1n) is 10.5. The first-order chi connectivity index (χ1) is 15.2. The molecule has 0 aliphatic rings. The quantitative estimate of drug-likeness (QED) is 0.447. The van der Waals surface area contributed by atoms with Crippen LogP contribution in [0, 0.1) is 11.8 Å². The van der Waals surface area contributed by atoms with Crippen LogP contribution >= 0.6 is 0 Å². The topological polar surface area (TPSA) is 143 Å². The van der Waals surface area contributed by atoms with E-state index in [1.807, 2.05) is 63.1 Å². The number of carbonyl (C=O) groups excluding carboxylic acids is 3. The predicted octanol–water partition coefficient (Wildman–Crippen LogP) is 2.91. The Morgan fingerprint density at radius 3 is 2.22 bits per heavy atom. The van der Waals surface area contributed by atoms with E-state index in [4.69, 9.17) is 9.15 Å². The molecule has 0 aliphatic carbocycles. The molecule has 0 unspecified atom stereocenters. The van der Waals surface area contributed by atoms with Gasteiger partial charge < -0.3 is 19.8 Å². The molecule has 3 N–H and O–H groups in total. The van der Waals surface area contributed by atoms with Gasteiger partial charge in [0.1, 0.15) is 12.6 Å². The van der Waals surface area contributed by atoms with Crippen molar-refractivity contribution in [1.29, 1.82) is 0 Å². The van der Waals surface area contributed by atoms with Gasteiger partial charge in [0.25, 0.3) is 5.89 Å². The zero-order valence-electron chi connectivity index (χ0n) is 18.7. The van der Waals surface area contributed by atoms with E-state index >= 15 is 0 Å². The molecule has 0 bridgehead atoms. The second-order valence-corrected chi connectivity index (χ2v) is 8.36. The standard InChI is InChI=1S/C22H30N4O6.2H2/c1-13(2)10-16(18(27)20-25-26-22(30)32-20)23-19(28)17(11-14(3)4)24-21(29)31-12-15-8-6-5-7-9-15;;/h5-9,13-14,16-17H,10-12H2,1-4H3,(H,23,28)(H,24,29)(H,26,30);2*1H/t16-,17-;;/m0../s1. The van der Waals surface area contributed by atoms with Gasteiger partial charge in [-0.3, -0.25) is 9.59 Å². The number of nitrogens with zero attached hydrogens (tertiary/aromatic N) is 1. The molecule has 10 nitrogen and oxygen atoms in total. The van der Waals surface area contributed by atoms with Crippen molar-refractivity contribution >= 4 is 17.8 Å². The molecule has 0 radical (unpaired) electrons. The summed E-state index contributed by atoms with van der Waals surface area (Å²) in [4.78, 5) is 49.2. The third-order valence-electron chi connectivity index (χ3n) is 4.52. The van der Waals surface area contributed by atoms with Crippen LogP contribution in [0.25, 0.3) is 0 Å². The lowest BCUT2D eigenvalue weighted by atomic mass is 9.98. The van der Waals surface area contributed by atoms with Gasteiger partial charge in [0.15, 0.2) is 0 Å². The van der Waals surface area contributed by atoms with E-state index in [1.54, 1.807) is 0 Å². The van der Waals surface area contributed by atoms with E-state index in [-0.39, 0.29) is 21.3 Å². The molecule has 0 saturated carbocycles. The number of alkyl carbamates (subject to hydrolysis) is 1. The fourth-order valence-electron chi connectivity index (χ4n) is 3.07. The van der Waals surface area contributed by atoms with Crippen LogP contribution < -0.4 is 16.4 Å². The minimum Gasteiger partial charge on any atom is -0.445 e. The Morgan fingerprint density at radius 1 is 1.03 bits per heavy atom. The third kappa shape index (κ3) is 8.01. The number of nitrogens with one attached hydrogen (secondary N) is 3. The molecular formula is C22H34N4O6. The van der Waals surface area contributed by atoms with Crippen molar-refractivity contribution < 1.29 is 26.4 Å². The highest BCUT2D eigenvalue weighted by atomic mass is 16.5. The smallest absolute Gasteiger partial charge is 0.434 e. The zero-order chi connectivity index (χ0) is 23.7. The third-order valence-corrected chi connectivity index (χ3v) is 4.52. The van der Waals surface area contributed by atoms with Crippen LogP contribution in [-0.2, 0) is 16.1 Å². The number of rotatable bonds is 11. The number of ether oxygens (including phenoxy) is 1. The van der Waals surface area contributed by atoms with Crippen molar-refractivity contribution in [3.05, 3.63) is 52.3 Å². The molecule has 2 atom stereocenters. The van der Waals surface area contributed by atoms with Gasteiger partial charge in [-0.2, -0.15) is 0 Å². The van der Waals surface area contributed by atoms with Gasteiger partial charge in [0.05, 0.1) is 6.04 Å². The van der Waals surface area contributed by atoms with E-state index in [0.29, 0.717) is 12.8 Å². The van der Waals surface area contributed by atoms with Crippen LogP contribution in [0.3, 0.4) is 0 Å². The summed E-state index contributed by atoms with van der Waals surface area (Å²) in [7, 11) is 0. The molecule has 2 aromatic rings. The maximum atomic E-state index is 13.0. The molecular weight excluding hydrogens is 416 g/mol. The number of Topliss-reactive ketones (excluding diaryl/α,β-unsaturated/α-hetero) is 1. The summed E-state index contributed by atoms with van der Waals surface area (Å²) in [6.45, 7) is 7.66. The summed E-state index contributed by atoms with van der Waals surface area (Å²) in [5.41, 5.74) is 0.815. The predicted molar refractivity (Wildman–Crippen MR) is 120 cm³/mol. The van der Waals surface area contributed by atoms with Gasteiger partial charge in [-0.05, 0) is 30.2 Å². The molecule has 0 fully saturated rings. The maximum Gasteiger partial charge on any atom is 0.434 e. The van der Waals surface area contributed by atoms with E-state index in [2.05, 4.69) is 15.7 Å². The lowest BCUT2D eigenvalue weighted by molar-refractivity contribution is -0.124. The Labute approximate surface area is 189 Å². The highest BCUT2D eigenvalue weighted by Gasteiger charge is 2.31. The number of H-pyrrole nitrogens is 1. The van der Waals surface area contributed by atoms with E-state index in [1.165, 1.54) is 0 Å². The highest BCUT2D eigenvalue weighted by molar-refractivity contribution is 5.99. The van der Waals surface area contributed by atoms with Crippen LogP contribution in [0.15, 0.2) is 39.5 Å². The summed E-state index contributed by atoms with van der Waals surface area (Å²) in [5, 5.41) is 10.8. The number of hydrogen-bond donors (Lipinski definition) is 3. The van der Waals surface area contributed by atoms with Gasteiger partial charge in [-0.25, -0.2) is 14.7 Å². The number of ketones is 1. The minimum atomic E-state index is -0.967. The Morgan fingerprint density at radius 2 is 1.66 bits per heavy atom. The van der Waals surface area contributed by atoms with Crippen molar-refractivity contribution in [3.63, 3.8) is 0 Å². The SMILES string of the molecule is CC(C)C[C@H](NC(=O)OCc1ccccc1)C(=O)N[C@@H](CC(C)C)C(=O)c1n[nH]c(=O)o1.[HH].[HH]. The molecule has 0 aliphatic heterocycles. The lowest BCUT2D eigenvalue weighted by Crippen LogP contribution is -2.52. The van der Waals surface area contributed by atoms with E-state index in [0.717, 1.165) is 5.56 Å².